The molecule has 1 nitrogen and oxygen atoms in total. The van der Waals surface area contributed by atoms with Gasteiger partial charge in [-0.1, -0.05) is 42.5 Å². The first kappa shape index (κ1) is 11.8. The van der Waals surface area contributed by atoms with E-state index in [0.717, 1.165) is 5.75 Å². The number of aryl methyl sites for hydroxylation is 1. The highest BCUT2D eigenvalue weighted by Crippen LogP contribution is 2.28. The van der Waals surface area contributed by atoms with Crippen molar-refractivity contribution in [3.63, 3.8) is 0 Å². The molecule has 0 unspecified atom stereocenters. The molecular weight excluding hydrogens is 232 g/mol. The molecule has 0 saturated carbocycles. The zero-order valence-electron chi connectivity index (χ0n) is 11.2. The van der Waals surface area contributed by atoms with E-state index in [1.54, 1.807) is 7.11 Å². The first-order valence-corrected chi connectivity index (χ1v) is 6.42. The van der Waals surface area contributed by atoms with Gasteiger partial charge in [-0.25, -0.2) is 0 Å². The summed E-state index contributed by atoms with van der Waals surface area (Å²) in [6.07, 6.45) is 0. The number of rotatable bonds is 2. The van der Waals surface area contributed by atoms with Gasteiger partial charge in [0.2, 0.25) is 0 Å². The number of hydrogen-bond donors (Lipinski definition) is 0. The van der Waals surface area contributed by atoms with Crippen LogP contribution < -0.4 is 4.74 Å². The molecule has 94 valence electrons. The molecule has 0 saturated heterocycles. The molecule has 3 rings (SSSR count). The smallest absolute Gasteiger partial charge is 0.119 e. The third-order valence-electron chi connectivity index (χ3n) is 3.50. The lowest BCUT2D eigenvalue weighted by Crippen LogP contribution is -1.85. The summed E-state index contributed by atoms with van der Waals surface area (Å²) in [5.41, 5.74) is 3.72. The molecule has 1 heteroatoms. The SMILES string of the molecule is COc1cccc(-c2ccc3cccc(C)c3c2)c1. The second-order valence-corrected chi connectivity index (χ2v) is 4.74. The Balaban J connectivity index is 2.17. The Bertz CT molecular complexity index is 729. The van der Waals surface area contributed by atoms with Crippen molar-refractivity contribution in [2.24, 2.45) is 0 Å². The van der Waals surface area contributed by atoms with Gasteiger partial charge in [0.25, 0.3) is 0 Å². The van der Waals surface area contributed by atoms with E-state index < -0.39 is 0 Å². The molecule has 3 aromatic rings. The van der Waals surface area contributed by atoms with Crippen LogP contribution in [0.5, 0.6) is 5.75 Å². The Kier molecular flexibility index (Phi) is 2.96. The van der Waals surface area contributed by atoms with Crippen molar-refractivity contribution < 1.29 is 4.74 Å². The molecule has 0 atom stereocenters. The van der Waals surface area contributed by atoms with Crippen LogP contribution in [0.1, 0.15) is 5.56 Å². The van der Waals surface area contributed by atoms with Gasteiger partial charge in [-0.15, -0.1) is 0 Å². The fourth-order valence-electron chi connectivity index (χ4n) is 2.41. The van der Waals surface area contributed by atoms with E-state index in [1.165, 1.54) is 27.5 Å². The summed E-state index contributed by atoms with van der Waals surface area (Å²) in [7, 11) is 1.70. The van der Waals surface area contributed by atoms with Gasteiger partial charge in [-0.2, -0.15) is 0 Å². The third-order valence-corrected chi connectivity index (χ3v) is 3.50. The lowest BCUT2D eigenvalue weighted by molar-refractivity contribution is 0.415. The van der Waals surface area contributed by atoms with Gasteiger partial charge >= 0.3 is 0 Å². The number of benzene rings is 3. The average Bonchev–Trinajstić information content (AvgIpc) is 2.47. The number of methoxy groups -OCH3 is 1. The lowest BCUT2D eigenvalue weighted by Gasteiger charge is -2.08. The van der Waals surface area contributed by atoms with Gasteiger partial charge in [0.1, 0.15) is 5.75 Å². The summed E-state index contributed by atoms with van der Waals surface area (Å²) >= 11 is 0. The lowest BCUT2D eigenvalue weighted by atomic mass is 9.99. The summed E-state index contributed by atoms with van der Waals surface area (Å²) in [5.74, 6) is 0.891. The molecule has 0 aromatic heterocycles. The Morgan fingerprint density at radius 1 is 0.789 bits per heavy atom. The van der Waals surface area contributed by atoms with E-state index in [9.17, 15) is 0 Å². The number of fused-ring (bicyclic) bond motifs is 1. The van der Waals surface area contributed by atoms with Crippen molar-refractivity contribution in [1.82, 2.24) is 0 Å². The predicted octanol–water partition coefficient (Wildman–Crippen LogP) is 4.82. The van der Waals surface area contributed by atoms with Gasteiger partial charge in [0, 0.05) is 0 Å². The minimum atomic E-state index is 0.891. The summed E-state index contributed by atoms with van der Waals surface area (Å²) < 4.78 is 5.29. The van der Waals surface area contributed by atoms with E-state index in [2.05, 4.69) is 55.5 Å². The fraction of sp³-hybridized carbons (Fsp3) is 0.111. The van der Waals surface area contributed by atoms with E-state index >= 15 is 0 Å². The summed E-state index contributed by atoms with van der Waals surface area (Å²) in [5, 5.41) is 2.59. The molecule has 0 amide bonds. The van der Waals surface area contributed by atoms with Gasteiger partial charge in [-0.3, -0.25) is 0 Å². The summed E-state index contributed by atoms with van der Waals surface area (Å²) in [6.45, 7) is 2.15. The molecule has 0 heterocycles. The molecule has 0 aliphatic heterocycles. The standard InChI is InChI=1S/C18H16O/c1-13-5-3-6-14-9-10-16(12-18(13)14)15-7-4-8-17(11-15)19-2/h3-12H,1-2H3. The summed E-state index contributed by atoms with van der Waals surface area (Å²) in [6, 6.07) is 21.2. The van der Waals surface area contributed by atoms with Crippen molar-refractivity contribution >= 4 is 10.8 Å². The molecule has 0 aliphatic rings. The molecule has 0 fully saturated rings. The Morgan fingerprint density at radius 2 is 1.58 bits per heavy atom. The Hall–Kier alpha value is -2.28. The maximum atomic E-state index is 5.29. The van der Waals surface area contributed by atoms with Gasteiger partial charge in [0.05, 0.1) is 7.11 Å². The highest BCUT2D eigenvalue weighted by atomic mass is 16.5. The van der Waals surface area contributed by atoms with Crippen LogP contribution in [0.25, 0.3) is 21.9 Å². The van der Waals surface area contributed by atoms with Crippen LogP contribution in [0.4, 0.5) is 0 Å². The maximum Gasteiger partial charge on any atom is 0.119 e. The van der Waals surface area contributed by atoms with Crippen LogP contribution in [0.3, 0.4) is 0 Å². The second kappa shape index (κ2) is 4.77. The molecule has 0 aliphatic carbocycles. The van der Waals surface area contributed by atoms with Crippen LogP contribution >= 0.6 is 0 Å². The monoisotopic (exact) mass is 248 g/mol. The molecule has 3 aromatic carbocycles. The fourth-order valence-corrected chi connectivity index (χ4v) is 2.41. The zero-order valence-corrected chi connectivity index (χ0v) is 11.2. The number of ether oxygens (including phenoxy) is 1. The minimum Gasteiger partial charge on any atom is -0.497 e. The topological polar surface area (TPSA) is 9.23 Å². The van der Waals surface area contributed by atoms with E-state index in [4.69, 9.17) is 4.74 Å². The van der Waals surface area contributed by atoms with Crippen molar-refractivity contribution in [2.75, 3.05) is 7.11 Å². The van der Waals surface area contributed by atoms with Crippen molar-refractivity contribution in [3.05, 3.63) is 66.2 Å². The van der Waals surface area contributed by atoms with E-state index in [-0.39, 0.29) is 0 Å². The van der Waals surface area contributed by atoms with Crippen LogP contribution in [-0.2, 0) is 0 Å². The first-order valence-electron chi connectivity index (χ1n) is 6.42. The molecule has 19 heavy (non-hydrogen) atoms. The highest BCUT2D eigenvalue weighted by Gasteiger charge is 2.02. The number of hydrogen-bond acceptors (Lipinski definition) is 1. The average molecular weight is 248 g/mol. The van der Waals surface area contributed by atoms with Crippen LogP contribution in [0.2, 0.25) is 0 Å². The third kappa shape index (κ3) is 2.19. The maximum absolute atomic E-state index is 5.29. The first-order chi connectivity index (χ1) is 9.28. The largest absolute Gasteiger partial charge is 0.497 e. The Morgan fingerprint density at radius 3 is 2.42 bits per heavy atom. The van der Waals surface area contributed by atoms with Crippen LogP contribution in [0.15, 0.2) is 60.7 Å². The molecule has 0 spiro atoms. The van der Waals surface area contributed by atoms with E-state index in [1.807, 2.05) is 12.1 Å². The predicted molar refractivity (Wildman–Crippen MR) is 80.7 cm³/mol. The molecule has 0 N–H and O–H groups in total. The molecule has 0 bridgehead atoms. The normalized spacial score (nSPS) is 10.6. The van der Waals surface area contributed by atoms with Gasteiger partial charge in [0.15, 0.2) is 0 Å². The van der Waals surface area contributed by atoms with Crippen LogP contribution in [0, 0.1) is 6.92 Å². The van der Waals surface area contributed by atoms with E-state index in [0.29, 0.717) is 0 Å². The quantitative estimate of drug-likeness (QED) is 0.631. The summed E-state index contributed by atoms with van der Waals surface area (Å²) in [4.78, 5) is 0. The van der Waals surface area contributed by atoms with Crippen molar-refractivity contribution in [1.29, 1.82) is 0 Å². The highest BCUT2D eigenvalue weighted by molar-refractivity contribution is 5.89. The Labute approximate surface area is 113 Å². The zero-order chi connectivity index (χ0) is 13.2. The van der Waals surface area contributed by atoms with Gasteiger partial charge < -0.3 is 4.74 Å². The van der Waals surface area contributed by atoms with Gasteiger partial charge in [-0.05, 0) is 52.6 Å². The van der Waals surface area contributed by atoms with Crippen LogP contribution in [-0.4, -0.2) is 7.11 Å². The van der Waals surface area contributed by atoms with Crippen molar-refractivity contribution in [3.8, 4) is 16.9 Å². The molecular formula is C18H16O. The second-order valence-electron chi connectivity index (χ2n) is 4.74. The van der Waals surface area contributed by atoms with Crippen molar-refractivity contribution in [2.45, 2.75) is 6.92 Å². The molecule has 0 radical (unpaired) electrons. The minimum absolute atomic E-state index is 0.891.